The second-order valence-electron chi connectivity index (χ2n) is 10.0. The summed E-state index contributed by atoms with van der Waals surface area (Å²) >= 11 is 0. The van der Waals surface area contributed by atoms with Gasteiger partial charge in [-0.15, -0.1) is 0 Å². The topological polar surface area (TPSA) is 129 Å². The summed E-state index contributed by atoms with van der Waals surface area (Å²) in [6, 6.07) is 14.4. The molecule has 0 saturated heterocycles. The van der Waals surface area contributed by atoms with Gasteiger partial charge in [-0.3, -0.25) is 0 Å². The van der Waals surface area contributed by atoms with Gasteiger partial charge in [0, 0.05) is 13.1 Å². The second-order valence-corrected chi connectivity index (χ2v) is 12.0. The number of benzene rings is 2. The molecule has 198 valence electrons. The lowest BCUT2D eigenvalue weighted by molar-refractivity contribution is 0.0400. The Morgan fingerprint density at radius 3 is 2.22 bits per heavy atom. The molecule has 1 amide bonds. The summed E-state index contributed by atoms with van der Waals surface area (Å²) in [7, 11) is -3.96. The maximum atomic E-state index is 13.5. The predicted molar refractivity (Wildman–Crippen MR) is 139 cm³/mol. The first-order valence-corrected chi connectivity index (χ1v) is 13.2. The summed E-state index contributed by atoms with van der Waals surface area (Å²) in [5.74, 6) is -0.0147. The smallest absolute Gasteiger partial charge is 0.407 e. The van der Waals surface area contributed by atoms with Crippen LogP contribution in [0.2, 0.25) is 0 Å². The molecule has 10 heteroatoms. The number of ether oxygens (including phenoxy) is 1. The van der Waals surface area contributed by atoms with Crippen LogP contribution in [-0.4, -0.2) is 66.2 Å². The van der Waals surface area contributed by atoms with Gasteiger partial charge in [0.25, 0.3) is 0 Å². The monoisotopic (exact) mass is 519 g/mol. The van der Waals surface area contributed by atoms with Crippen molar-refractivity contribution in [2.75, 3.05) is 13.1 Å². The molecule has 2 aromatic carbocycles. The highest BCUT2D eigenvalue weighted by molar-refractivity contribution is 7.89. The van der Waals surface area contributed by atoms with Crippen molar-refractivity contribution < 1.29 is 28.3 Å². The quantitative estimate of drug-likeness (QED) is 0.236. The Hall–Kier alpha value is -2.95. The molecule has 36 heavy (non-hydrogen) atoms. The highest BCUT2D eigenvalue weighted by Crippen LogP contribution is 2.20. The van der Waals surface area contributed by atoms with Crippen LogP contribution in [0.15, 0.2) is 64.6 Å². The predicted octanol–water partition coefficient (Wildman–Crippen LogP) is 3.64. The molecular formula is C26H37N3O6S. The van der Waals surface area contributed by atoms with Crippen LogP contribution in [0.25, 0.3) is 0 Å². The Bertz CT molecular complexity index is 1100. The Labute approximate surface area is 213 Å². The molecule has 0 aliphatic carbocycles. The second kappa shape index (κ2) is 12.8. The average Bonchev–Trinajstić information content (AvgIpc) is 2.78. The van der Waals surface area contributed by atoms with E-state index in [1.165, 1.54) is 34.8 Å². The fraction of sp³-hybridized carbons (Fsp3) is 0.462. The van der Waals surface area contributed by atoms with Crippen LogP contribution in [0.1, 0.15) is 45.7 Å². The Morgan fingerprint density at radius 2 is 1.69 bits per heavy atom. The maximum Gasteiger partial charge on any atom is 0.407 e. The highest BCUT2D eigenvalue weighted by Gasteiger charge is 2.32. The zero-order chi connectivity index (χ0) is 26.9. The summed E-state index contributed by atoms with van der Waals surface area (Å²) in [4.78, 5) is 12.6. The van der Waals surface area contributed by atoms with E-state index in [-0.39, 0.29) is 30.3 Å². The van der Waals surface area contributed by atoms with E-state index in [0.717, 1.165) is 5.56 Å². The van der Waals surface area contributed by atoms with E-state index in [9.17, 15) is 18.3 Å². The SMILES string of the molecule is CC(C)CN(C[C@@H](O)[C@H](Cc1ccccc1)NC(=O)OC(C)(C)C)S(=O)(=O)c1ccc(C=NO)cc1. The number of rotatable bonds is 11. The largest absolute Gasteiger partial charge is 0.444 e. The van der Waals surface area contributed by atoms with Crippen molar-refractivity contribution in [2.45, 2.75) is 63.7 Å². The number of amides is 1. The van der Waals surface area contributed by atoms with Gasteiger partial charge in [-0.05, 0) is 56.4 Å². The van der Waals surface area contributed by atoms with Gasteiger partial charge in [0.1, 0.15) is 5.60 Å². The fourth-order valence-corrected chi connectivity index (χ4v) is 5.19. The Balaban J connectivity index is 2.32. The highest BCUT2D eigenvalue weighted by atomic mass is 32.2. The van der Waals surface area contributed by atoms with Crippen molar-refractivity contribution >= 4 is 22.3 Å². The van der Waals surface area contributed by atoms with Gasteiger partial charge < -0.3 is 20.4 Å². The number of hydrogen-bond donors (Lipinski definition) is 3. The number of sulfonamides is 1. The van der Waals surface area contributed by atoms with Crippen molar-refractivity contribution in [3.05, 3.63) is 65.7 Å². The molecular weight excluding hydrogens is 482 g/mol. The van der Waals surface area contributed by atoms with Crippen LogP contribution in [0.4, 0.5) is 4.79 Å². The van der Waals surface area contributed by atoms with Gasteiger partial charge in [0.2, 0.25) is 10.0 Å². The van der Waals surface area contributed by atoms with Crippen molar-refractivity contribution in [1.82, 2.24) is 9.62 Å². The lowest BCUT2D eigenvalue weighted by Crippen LogP contribution is -2.51. The molecule has 2 rings (SSSR count). The van der Waals surface area contributed by atoms with E-state index >= 15 is 0 Å². The first-order chi connectivity index (χ1) is 16.8. The third-order valence-electron chi connectivity index (χ3n) is 5.15. The molecule has 0 saturated carbocycles. The normalized spacial score (nSPS) is 14.2. The number of carbonyl (C=O) groups excluding carboxylic acids is 1. The van der Waals surface area contributed by atoms with E-state index in [1.807, 2.05) is 44.2 Å². The summed E-state index contributed by atoms with van der Waals surface area (Å²) in [5.41, 5.74) is 0.681. The molecule has 0 aliphatic heterocycles. The number of oxime groups is 1. The first-order valence-electron chi connectivity index (χ1n) is 11.8. The van der Waals surface area contributed by atoms with Crippen molar-refractivity contribution in [3.8, 4) is 0 Å². The molecule has 0 spiro atoms. The average molecular weight is 520 g/mol. The molecule has 0 radical (unpaired) electrons. The number of nitrogens with zero attached hydrogens (tertiary/aromatic N) is 2. The number of aliphatic hydroxyl groups excluding tert-OH is 1. The first kappa shape index (κ1) is 29.3. The third-order valence-corrected chi connectivity index (χ3v) is 7.00. The summed E-state index contributed by atoms with van der Waals surface area (Å²) in [6.45, 7) is 8.93. The van der Waals surface area contributed by atoms with Gasteiger partial charge in [-0.25, -0.2) is 13.2 Å². The number of alkyl carbamates (subject to hydrolysis) is 1. The lowest BCUT2D eigenvalue weighted by atomic mass is 10.0. The minimum Gasteiger partial charge on any atom is -0.444 e. The van der Waals surface area contributed by atoms with Crippen LogP contribution < -0.4 is 5.32 Å². The van der Waals surface area contributed by atoms with E-state index in [4.69, 9.17) is 9.94 Å². The molecule has 0 aliphatic rings. The van der Waals surface area contributed by atoms with Crippen molar-refractivity contribution in [2.24, 2.45) is 11.1 Å². The van der Waals surface area contributed by atoms with Gasteiger partial charge in [0.15, 0.2) is 0 Å². The zero-order valence-corrected chi connectivity index (χ0v) is 22.3. The number of carbonyl (C=O) groups is 1. The summed E-state index contributed by atoms with van der Waals surface area (Å²) in [5, 5.41) is 25.6. The molecule has 3 N–H and O–H groups in total. The van der Waals surface area contributed by atoms with Gasteiger partial charge >= 0.3 is 6.09 Å². The number of aliphatic hydroxyl groups is 1. The Kier molecular flexibility index (Phi) is 10.4. The van der Waals surface area contributed by atoms with Crippen LogP contribution in [0.5, 0.6) is 0 Å². The van der Waals surface area contributed by atoms with Crippen LogP contribution >= 0.6 is 0 Å². The minimum absolute atomic E-state index is 0.0147. The summed E-state index contributed by atoms with van der Waals surface area (Å²) in [6.07, 6.45) is -0.428. The van der Waals surface area contributed by atoms with E-state index in [1.54, 1.807) is 20.8 Å². The number of nitrogens with one attached hydrogen (secondary N) is 1. The van der Waals surface area contributed by atoms with Gasteiger partial charge in [-0.2, -0.15) is 4.31 Å². The lowest BCUT2D eigenvalue weighted by Gasteiger charge is -2.31. The van der Waals surface area contributed by atoms with Crippen LogP contribution in [0.3, 0.4) is 0 Å². The van der Waals surface area contributed by atoms with Crippen molar-refractivity contribution in [1.29, 1.82) is 0 Å². The molecule has 2 atom stereocenters. The Morgan fingerprint density at radius 1 is 1.08 bits per heavy atom. The maximum absolute atomic E-state index is 13.5. The standard InChI is InChI=1S/C26H37N3O6S/c1-19(2)17-29(36(33,34)22-13-11-21(12-14-22)16-27-32)18-24(30)23(15-20-9-7-6-8-10-20)28-25(31)35-26(3,4)5/h6-14,16,19,23-24,30,32H,15,17-18H2,1-5H3,(H,28,31)/t23-,24+/m0/s1. The molecule has 0 bridgehead atoms. The molecule has 9 nitrogen and oxygen atoms in total. The molecule has 0 unspecified atom stereocenters. The van der Waals surface area contributed by atoms with E-state index in [0.29, 0.717) is 5.56 Å². The summed E-state index contributed by atoms with van der Waals surface area (Å²) < 4.78 is 33.6. The number of hydrogen-bond acceptors (Lipinski definition) is 7. The van der Waals surface area contributed by atoms with Crippen molar-refractivity contribution in [3.63, 3.8) is 0 Å². The zero-order valence-electron chi connectivity index (χ0n) is 21.5. The third kappa shape index (κ3) is 9.25. The molecule has 0 fully saturated rings. The van der Waals surface area contributed by atoms with Gasteiger partial charge in [-0.1, -0.05) is 61.5 Å². The van der Waals surface area contributed by atoms with Crippen LogP contribution in [-0.2, 0) is 21.2 Å². The minimum atomic E-state index is -3.96. The van der Waals surface area contributed by atoms with Gasteiger partial charge in [0.05, 0.1) is 23.3 Å². The fourth-order valence-electron chi connectivity index (χ4n) is 3.57. The van der Waals surface area contributed by atoms with Crippen LogP contribution in [0, 0.1) is 5.92 Å². The molecule has 0 aromatic heterocycles. The van der Waals surface area contributed by atoms with E-state index < -0.39 is 33.9 Å². The molecule has 2 aromatic rings. The molecule has 0 heterocycles. The van der Waals surface area contributed by atoms with E-state index in [2.05, 4.69) is 10.5 Å².